The Balaban J connectivity index is 1.68. The fraction of sp³-hybridized carbons (Fsp3) is 0.0556. The number of hydrogen-bond donors (Lipinski definition) is 3. The van der Waals surface area contributed by atoms with Crippen molar-refractivity contribution in [3.05, 3.63) is 66.0 Å². The summed E-state index contributed by atoms with van der Waals surface area (Å²) in [5, 5.41) is 4.08. The van der Waals surface area contributed by atoms with Crippen molar-refractivity contribution >= 4 is 33.4 Å². The molecule has 0 unspecified atom stereocenters. The maximum atomic E-state index is 12.8. The summed E-state index contributed by atoms with van der Waals surface area (Å²) in [6.45, 7) is 0. The van der Waals surface area contributed by atoms with Gasteiger partial charge in [-0.15, -0.1) is 0 Å². The molecule has 0 spiro atoms. The van der Waals surface area contributed by atoms with Gasteiger partial charge in [-0.25, -0.2) is 0 Å². The third-order valence-electron chi connectivity index (χ3n) is 4.09. The third-order valence-corrected chi connectivity index (χ3v) is 4.09. The minimum Gasteiger partial charge on any atom is -0.360 e. The van der Waals surface area contributed by atoms with Gasteiger partial charge in [-0.1, -0.05) is 24.3 Å². The van der Waals surface area contributed by atoms with Crippen molar-refractivity contribution < 1.29 is 18.0 Å². The van der Waals surface area contributed by atoms with E-state index in [0.29, 0.717) is 11.1 Å². The van der Waals surface area contributed by atoms with Crippen LogP contribution < -0.4 is 5.32 Å². The molecule has 0 atom stereocenters. The summed E-state index contributed by atoms with van der Waals surface area (Å²) in [7, 11) is 0. The highest BCUT2D eigenvalue weighted by Gasteiger charge is 2.31. The van der Waals surface area contributed by atoms with Crippen LogP contribution in [0.5, 0.6) is 0 Å². The van der Waals surface area contributed by atoms with E-state index in [-0.39, 0.29) is 11.1 Å². The normalized spacial score (nSPS) is 12.0. The minimum absolute atomic E-state index is 0.263. The zero-order valence-corrected chi connectivity index (χ0v) is 12.7. The van der Waals surface area contributed by atoms with Gasteiger partial charge in [-0.2, -0.15) is 13.2 Å². The highest BCUT2D eigenvalue weighted by Crippen LogP contribution is 2.32. The van der Waals surface area contributed by atoms with E-state index in [1.807, 2.05) is 24.3 Å². The second-order valence-electron chi connectivity index (χ2n) is 5.66. The van der Waals surface area contributed by atoms with Crippen LogP contribution in [-0.4, -0.2) is 15.9 Å². The highest BCUT2D eigenvalue weighted by molar-refractivity contribution is 6.15. The lowest BCUT2D eigenvalue weighted by Crippen LogP contribution is -2.11. The SMILES string of the molecule is O=C(Nc1c[nH]c2ccccc12)c1c[nH]c2cc(C(F)(F)F)ccc12. The molecule has 0 aliphatic heterocycles. The lowest BCUT2D eigenvalue weighted by Gasteiger charge is -2.06. The van der Waals surface area contributed by atoms with Gasteiger partial charge in [0.05, 0.1) is 16.8 Å². The number of carbonyl (C=O) groups is 1. The molecule has 3 N–H and O–H groups in total. The van der Waals surface area contributed by atoms with Crippen molar-refractivity contribution in [2.45, 2.75) is 6.18 Å². The number of anilines is 1. The smallest absolute Gasteiger partial charge is 0.360 e. The Hall–Kier alpha value is -3.22. The van der Waals surface area contributed by atoms with Gasteiger partial charge < -0.3 is 15.3 Å². The number of carbonyl (C=O) groups excluding carboxylic acids is 1. The van der Waals surface area contributed by atoms with E-state index in [4.69, 9.17) is 0 Å². The van der Waals surface area contributed by atoms with Crippen molar-refractivity contribution in [1.29, 1.82) is 0 Å². The number of hydrogen-bond acceptors (Lipinski definition) is 1. The second-order valence-corrected chi connectivity index (χ2v) is 5.66. The van der Waals surface area contributed by atoms with Gasteiger partial charge in [0.15, 0.2) is 0 Å². The summed E-state index contributed by atoms with van der Waals surface area (Å²) in [6, 6.07) is 10.8. The van der Waals surface area contributed by atoms with E-state index >= 15 is 0 Å². The predicted molar refractivity (Wildman–Crippen MR) is 89.6 cm³/mol. The molecule has 1 amide bonds. The summed E-state index contributed by atoms with van der Waals surface area (Å²) < 4.78 is 38.4. The lowest BCUT2D eigenvalue weighted by atomic mass is 10.1. The van der Waals surface area contributed by atoms with Gasteiger partial charge >= 0.3 is 6.18 Å². The van der Waals surface area contributed by atoms with Crippen molar-refractivity contribution in [2.75, 3.05) is 5.32 Å². The number of rotatable bonds is 2. The van der Waals surface area contributed by atoms with Crippen LogP contribution in [0.3, 0.4) is 0 Å². The van der Waals surface area contributed by atoms with Crippen LogP contribution in [0.25, 0.3) is 21.8 Å². The Morgan fingerprint density at radius 1 is 0.920 bits per heavy atom. The first-order valence-electron chi connectivity index (χ1n) is 7.49. The van der Waals surface area contributed by atoms with E-state index in [1.54, 1.807) is 6.20 Å². The second kappa shape index (κ2) is 5.41. The molecule has 2 aromatic carbocycles. The monoisotopic (exact) mass is 343 g/mol. The average molecular weight is 343 g/mol. The zero-order valence-electron chi connectivity index (χ0n) is 12.7. The summed E-state index contributed by atoms with van der Waals surface area (Å²) in [4.78, 5) is 18.3. The Bertz CT molecular complexity index is 1090. The van der Waals surface area contributed by atoms with Crippen LogP contribution in [0, 0.1) is 0 Å². The van der Waals surface area contributed by atoms with Gasteiger partial charge in [-0.3, -0.25) is 4.79 Å². The van der Waals surface area contributed by atoms with E-state index < -0.39 is 17.6 Å². The number of halogens is 3. The molecule has 2 heterocycles. The van der Waals surface area contributed by atoms with Crippen LogP contribution in [0.1, 0.15) is 15.9 Å². The number of benzene rings is 2. The van der Waals surface area contributed by atoms with Gasteiger partial charge in [-0.05, 0) is 18.2 Å². The van der Waals surface area contributed by atoms with Gasteiger partial charge in [0.1, 0.15) is 0 Å². The number of fused-ring (bicyclic) bond motifs is 2. The molecule has 0 saturated heterocycles. The third kappa shape index (κ3) is 2.63. The average Bonchev–Trinajstić information content (AvgIpc) is 3.18. The molecule has 0 saturated carbocycles. The largest absolute Gasteiger partial charge is 0.416 e. The number of aromatic nitrogens is 2. The van der Waals surface area contributed by atoms with Crippen LogP contribution in [0.2, 0.25) is 0 Å². The molecule has 4 rings (SSSR count). The van der Waals surface area contributed by atoms with Crippen LogP contribution >= 0.6 is 0 Å². The van der Waals surface area contributed by atoms with Gasteiger partial charge in [0.25, 0.3) is 5.91 Å². The predicted octanol–water partition coefficient (Wildman–Crippen LogP) is 4.92. The molecule has 0 bridgehead atoms. The van der Waals surface area contributed by atoms with Crippen LogP contribution in [-0.2, 0) is 6.18 Å². The molecule has 2 aromatic heterocycles. The summed E-state index contributed by atoms with van der Waals surface area (Å²) in [5.74, 6) is -0.393. The molecule has 4 nitrogen and oxygen atoms in total. The number of para-hydroxylation sites is 1. The van der Waals surface area contributed by atoms with Crippen molar-refractivity contribution in [2.24, 2.45) is 0 Å². The number of aromatic amines is 2. The minimum atomic E-state index is -4.42. The summed E-state index contributed by atoms with van der Waals surface area (Å²) in [5.41, 5.74) is 1.28. The van der Waals surface area contributed by atoms with E-state index in [9.17, 15) is 18.0 Å². The molecular formula is C18H12F3N3O. The molecule has 4 aromatic rings. The highest BCUT2D eigenvalue weighted by atomic mass is 19.4. The number of H-pyrrole nitrogens is 2. The van der Waals surface area contributed by atoms with Crippen LogP contribution in [0.4, 0.5) is 18.9 Å². The lowest BCUT2D eigenvalue weighted by molar-refractivity contribution is -0.137. The topological polar surface area (TPSA) is 60.7 Å². The number of alkyl halides is 3. The molecule has 25 heavy (non-hydrogen) atoms. The zero-order chi connectivity index (χ0) is 17.6. The Morgan fingerprint density at radius 3 is 2.48 bits per heavy atom. The molecule has 0 aliphatic rings. The first kappa shape index (κ1) is 15.3. The maximum absolute atomic E-state index is 12.8. The Morgan fingerprint density at radius 2 is 1.68 bits per heavy atom. The van der Waals surface area contributed by atoms with E-state index in [0.717, 1.165) is 23.0 Å². The van der Waals surface area contributed by atoms with Gasteiger partial charge in [0, 0.05) is 34.2 Å². The van der Waals surface area contributed by atoms with Crippen LogP contribution in [0.15, 0.2) is 54.9 Å². The first-order valence-corrected chi connectivity index (χ1v) is 7.49. The Labute approximate surface area is 139 Å². The fourth-order valence-electron chi connectivity index (χ4n) is 2.85. The summed E-state index contributed by atoms with van der Waals surface area (Å²) in [6.07, 6.45) is -1.33. The molecule has 0 aliphatic carbocycles. The maximum Gasteiger partial charge on any atom is 0.416 e. The standard InChI is InChI=1S/C18H12F3N3O/c19-18(20,21)10-5-6-11-13(8-22-15(11)7-10)17(25)24-16-9-23-14-4-2-1-3-12(14)16/h1-9,22-23H,(H,24,25). The fourth-order valence-corrected chi connectivity index (χ4v) is 2.85. The first-order chi connectivity index (χ1) is 11.9. The molecule has 0 fully saturated rings. The molecule has 7 heteroatoms. The van der Waals surface area contributed by atoms with E-state index in [2.05, 4.69) is 15.3 Å². The van der Waals surface area contributed by atoms with Crippen molar-refractivity contribution in [1.82, 2.24) is 9.97 Å². The van der Waals surface area contributed by atoms with Crippen molar-refractivity contribution in [3.8, 4) is 0 Å². The number of nitrogens with one attached hydrogen (secondary N) is 3. The summed E-state index contributed by atoms with van der Waals surface area (Å²) >= 11 is 0. The van der Waals surface area contributed by atoms with E-state index in [1.165, 1.54) is 12.3 Å². The number of amides is 1. The van der Waals surface area contributed by atoms with Gasteiger partial charge in [0.2, 0.25) is 0 Å². The molecule has 0 radical (unpaired) electrons. The van der Waals surface area contributed by atoms with Crippen molar-refractivity contribution in [3.63, 3.8) is 0 Å². The Kier molecular flexibility index (Phi) is 3.31. The molecule has 126 valence electrons. The molecular weight excluding hydrogens is 331 g/mol. The quantitative estimate of drug-likeness (QED) is 0.475.